The predicted octanol–water partition coefficient (Wildman–Crippen LogP) is 5.55. The number of anilines is 2. The van der Waals surface area contributed by atoms with Crippen LogP contribution in [0, 0.1) is 20.8 Å². The van der Waals surface area contributed by atoms with E-state index in [4.69, 9.17) is 0 Å². The molecule has 0 saturated heterocycles. The molecule has 0 bridgehead atoms. The zero-order valence-electron chi connectivity index (χ0n) is 22.0. The van der Waals surface area contributed by atoms with Gasteiger partial charge in [0.25, 0.3) is 0 Å². The number of hydrogen-bond acceptors (Lipinski definition) is 4. The molecule has 3 aromatic rings. The van der Waals surface area contributed by atoms with Crippen molar-refractivity contribution in [2.24, 2.45) is 0 Å². The van der Waals surface area contributed by atoms with Gasteiger partial charge in [0, 0.05) is 16.8 Å². The van der Waals surface area contributed by atoms with Gasteiger partial charge < -0.3 is 5.32 Å². The Balaban J connectivity index is 1.81. The van der Waals surface area contributed by atoms with Crippen LogP contribution in [0.1, 0.15) is 58.9 Å². The highest BCUT2D eigenvalue weighted by Crippen LogP contribution is 2.28. The number of carbonyl (C=O) groups is 2. The van der Waals surface area contributed by atoms with Crippen LogP contribution < -0.4 is 9.62 Å². The van der Waals surface area contributed by atoms with Crippen LogP contribution in [0.3, 0.4) is 0 Å². The molecule has 7 heteroatoms. The molecule has 0 fully saturated rings. The molecule has 1 amide bonds. The Kier molecular flexibility index (Phi) is 7.74. The van der Waals surface area contributed by atoms with Gasteiger partial charge in [0.2, 0.25) is 15.9 Å². The van der Waals surface area contributed by atoms with Crippen molar-refractivity contribution in [1.82, 2.24) is 0 Å². The lowest BCUT2D eigenvalue weighted by Crippen LogP contribution is -2.38. The monoisotopic (exact) mass is 506 g/mol. The molecule has 0 unspecified atom stereocenters. The molecule has 0 aliphatic heterocycles. The van der Waals surface area contributed by atoms with Gasteiger partial charge in [0.1, 0.15) is 6.54 Å². The van der Waals surface area contributed by atoms with E-state index < -0.39 is 15.9 Å². The molecule has 0 atom stereocenters. The van der Waals surface area contributed by atoms with Crippen LogP contribution in [0.15, 0.2) is 60.7 Å². The molecule has 0 saturated carbocycles. The van der Waals surface area contributed by atoms with Gasteiger partial charge in [-0.05, 0) is 55.0 Å². The number of ketones is 1. The van der Waals surface area contributed by atoms with Crippen LogP contribution in [-0.2, 0) is 20.2 Å². The molecule has 0 aromatic heterocycles. The summed E-state index contributed by atoms with van der Waals surface area (Å²) in [5.74, 6) is -0.658. The van der Waals surface area contributed by atoms with Gasteiger partial charge in [0.15, 0.2) is 5.78 Å². The summed E-state index contributed by atoms with van der Waals surface area (Å²) >= 11 is 0. The zero-order chi connectivity index (χ0) is 26.8. The minimum absolute atomic E-state index is 0.0126. The van der Waals surface area contributed by atoms with E-state index in [0.29, 0.717) is 22.5 Å². The van der Waals surface area contributed by atoms with Crippen LogP contribution >= 0.6 is 0 Å². The first kappa shape index (κ1) is 27.1. The van der Waals surface area contributed by atoms with Crippen LogP contribution in [0.2, 0.25) is 0 Å². The van der Waals surface area contributed by atoms with E-state index in [1.54, 1.807) is 24.3 Å². The zero-order valence-corrected chi connectivity index (χ0v) is 22.8. The second-order valence-electron chi connectivity index (χ2n) is 10.3. The summed E-state index contributed by atoms with van der Waals surface area (Å²) in [6, 6.07) is 18.0. The summed E-state index contributed by atoms with van der Waals surface area (Å²) in [5, 5.41) is 2.74. The standard InChI is InChI=1S/C29H34N2O4S/c1-19-15-20(2)27(21(3)16-19)31(36(7,34)35)18-26(32)30-25-10-8-9-23(17-25)28(33)22-11-13-24(14-12-22)29(4,5)6/h8-17H,18H2,1-7H3,(H,30,32). The third kappa shape index (κ3) is 6.40. The van der Waals surface area contributed by atoms with Gasteiger partial charge in [-0.1, -0.05) is 74.9 Å². The first-order chi connectivity index (χ1) is 16.7. The van der Waals surface area contributed by atoms with Crippen LogP contribution in [0.4, 0.5) is 11.4 Å². The number of amides is 1. The van der Waals surface area contributed by atoms with Crippen molar-refractivity contribution >= 4 is 33.1 Å². The molecule has 0 heterocycles. The highest BCUT2D eigenvalue weighted by molar-refractivity contribution is 7.92. The van der Waals surface area contributed by atoms with Crippen LogP contribution in [0.25, 0.3) is 0 Å². The molecule has 3 aromatic carbocycles. The normalized spacial score (nSPS) is 11.8. The maximum atomic E-state index is 13.0. The second-order valence-corrected chi connectivity index (χ2v) is 12.2. The third-order valence-electron chi connectivity index (χ3n) is 5.99. The molecule has 0 aliphatic carbocycles. The number of carbonyl (C=O) groups excluding carboxylic acids is 2. The topological polar surface area (TPSA) is 83.6 Å². The van der Waals surface area contributed by atoms with E-state index in [2.05, 4.69) is 26.1 Å². The minimum atomic E-state index is -3.72. The van der Waals surface area contributed by atoms with Gasteiger partial charge in [-0.2, -0.15) is 0 Å². The van der Waals surface area contributed by atoms with Gasteiger partial charge in [-0.15, -0.1) is 0 Å². The lowest BCUT2D eigenvalue weighted by molar-refractivity contribution is -0.114. The summed E-state index contributed by atoms with van der Waals surface area (Å²) < 4.78 is 26.3. The Morgan fingerprint density at radius 2 is 1.44 bits per heavy atom. The summed E-state index contributed by atoms with van der Waals surface area (Å²) in [6.07, 6.45) is 1.09. The van der Waals surface area contributed by atoms with Crippen molar-refractivity contribution < 1.29 is 18.0 Å². The van der Waals surface area contributed by atoms with E-state index >= 15 is 0 Å². The maximum absolute atomic E-state index is 13.0. The molecule has 0 aliphatic rings. The Bertz CT molecular complexity index is 1380. The molecular formula is C29H34N2O4S. The molecular weight excluding hydrogens is 472 g/mol. The largest absolute Gasteiger partial charge is 0.324 e. The lowest BCUT2D eigenvalue weighted by atomic mass is 9.86. The van der Waals surface area contributed by atoms with Crippen LogP contribution in [0.5, 0.6) is 0 Å². The number of nitrogens with zero attached hydrogens (tertiary/aromatic N) is 1. The van der Waals surface area contributed by atoms with Gasteiger partial charge >= 0.3 is 0 Å². The lowest BCUT2D eigenvalue weighted by Gasteiger charge is -2.26. The van der Waals surface area contributed by atoms with Gasteiger partial charge in [-0.25, -0.2) is 8.42 Å². The van der Waals surface area contributed by atoms with Crippen molar-refractivity contribution in [3.05, 3.63) is 94.0 Å². The molecule has 1 N–H and O–H groups in total. The summed E-state index contributed by atoms with van der Waals surface area (Å²) in [7, 11) is -3.72. The Hall–Kier alpha value is -3.45. The van der Waals surface area contributed by atoms with E-state index in [0.717, 1.165) is 32.8 Å². The van der Waals surface area contributed by atoms with E-state index in [-0.39, 0.29) is 17.7 Å². The molecule has 190 valence electrons. The summed E-state index contributed by atoms with van der Waals surface area (Å²) in [5.41, 5.74) is 5.59. The number of nitrogens with one attached hydrogen (secondary N) is 1. The summed E-state index contributed by atoms with van der Waals surface area (Å²) in [4.78, 5) is 26.0. The van der Waals surface area contributed by atoms with Crippen molar-refractivity contribution in [2.75, 3.05) is 22.4 Å². The fourth-order valence-corrected chi connectivity index (χ4v) is 5.26. The van der Waals surface area contributed by atoms with Crippen molar-refractivity contribution in [3.8, 4) is 0 Å². The molecule has 0 spiro atoms. The average molecular weight is 507 g/mol. The Morgan fingerprint density at radius 3 is 1.97 bits per heavy atom. The highest BCUT2D eigenvalue weighted by Gasteiger charge is 2.24. The fraction of sp³-hybridized carbons (Fsp3) is 0.310. The van der Waals surface area contributed by atoms with E-state index in [9.17, 15) is 18.0 Å². The smallest absolute Gasteiger partial charge is 0.245 e. The predicted molar refractivity (Wildman–Crippen MR) is 146 cm³/mol. The number of hydrogen-bond donors (Lipinski definition) is 1. The second kappa shape index (κ2) is 10.3. The van der Waals surface area contributed by atoms with Gasteiger partial charge in [0.05, 0.1) is 11.9 Å². The maximum Gasteiger partial charge on any atom is 0.245 e. The first-order valence-corrected chi connectivity index (χ1v) is 13.6. The first-order valence-electron chi connectivity index (χ1n) is 11.8. The van der Waals surface area contributed by atoms with Crippen molar-refractivity contribution in [1.29, 1.82) is 0 Å². The third-order valence-corrected chi connectivity index (χ3v) is 7.11. The van der Waals surface area contributed by atoms with Crippen molar-refractivity contribution in [3.63, 3.8) is 0 Å². The van der Waals surface area contributed by atoms with E-state index in [1.165, 1.54) is 0 Å². The number of rotatable bonds is 7. The van der Waals surface area contributed by atoms with Crippen LogP contribution in [-0.4, -0.2) is 32.9 Å². The Morgan fingerprint density at radius 1 is 0.861 bits per heavy atom. The number of sulfonamides is 1. The Labute approximate surface area is 214 Å². The molecule has 6 nitrogen and oxygen atoms in total. The highest BCUT2D eigenvalue weighted by atomic mass is 32.2. The fourth-order valence-electron chi connectivity index (χ4n) is 4.29. The van der Waals surface area contributed by atoms with Crippen molar-refractivity contribution in [2.45, 2.75) is 47.0 Å². The average Bonchev–Trinajstić information content (AvgIpc) is 2.76. The molecule has 0 radical (unpaired) electrons. The quantitative estimate of drug-likeness (QED) is 0.426. The summed E-state index contributed by atoms with van der Waals surface area (Å²) in [6.45, 7) is 11.6. The van der Waals surface area contributed by atoms with Gasteiger partial charge in [-0.3, -0.25) is 13.9 Å². The SMILES string of the molecule is Cc1cc(C)c(N(CC(=O)Nc2cccc(C(=O)c3ccc(C(C)(C)C)cc3)c2)S(C)(=O)=O)c(C)c1. The number of benzene rings is 3. The molecule has 3 rings (SSSR count). The number of aryl methyl sites for hydroxylation is 3. The van der Waals surface area contributed by atoms with E-state index in [1.807, 2.05) is 57.2 Å². The molecule has 36 heavy (non-hydrogen) atoms. The minimum Gasteiger partial charge on any atom is -0.324 e.